The van der Waals surface area contributed by atoms with E-state index in [1.54, 1.807) is 42.5 Å². The van der Waals surface area contributed by atoms with Gasteiger partial charge in [-0.25, -0.2) is 9.97 Å². The molecule has 4 aromatic rings. The van der Waals surface area contributed by atoms with Gasteiger partial charge in [0.2, 0.25) is 0 Å². The Bertz CT molecular complexity index is 1380. The average molecular weight is 472 g/mol. The van der Waals surface area contributed by atoms with Gasteiger partial charge in [-0.1, -0.05) is 18.2 Å². The third-order valence-corrected chi connectivity index (χ3v) is 5.56. The maximum Gasteiger partial charge on any atom is 0.305 e. The zero-order valence-electron chi connectivity index (χ0n) is 19.1. The number of hydrogen-bond donors (Lipinski definition) is 4. The van der Waals surface area contributed by atoms with E-state index in [1.807, 2.05) is 29.8 Å². The van der Waals surface area contributed by atoms with Crippen LogP contribution in [0.25, 0.3) is 11.2 Å². The molecule has 2 aromatic carbocycles. The lowest BCUT2D eigenvalue weighted by molar-refractivity contribution is -0.136. The number of carbonyl (C=O) groups is 2. The number of fused-ring (bicyclic) bond motifs is 1. The number of aryl methyl sites for hydroxylation is 1. The number of hydrogen-bond acceptors (Lipinski definition) is 6. The Labute approximate surface area is 201 Å². The van der Waals surface area contributed by atoms with E-state index in [0.29, 0.717) is 34.5 Å². The highest BCUT2D eigenvalue weighted by Gasteiger charge is 2.20. The first-order valence-electron chi connectivity index (χ1n) is 10.9. The molecule has 0 spiro atoms. The van der Waals surface area contributed by atoms with Gasteiger partial charge in [0.25, 0.3) is 5.91 Å². The summed E-state index contributed by atoms with van der Waals surface area (Å²) in [5.74, 6) is -0.594. The number of aromatic nitrogens is 3. The summed E-state index contributed by atoms with van der Waals surface area (Å²) in [4.78, 5) is 35.0. The highest BCUT2D eigenvalue weighted by Crippen LogP contribution is 2.20. The van der Waals surface area contributed by atoms with Gasteiger partial charge in [-0.2, -0.15) is 0 Å². The monoisotopic (exact) mass is 471 g/mol. The van der Waals surface area contributed by atoms with Crippen molar-refractivity contribution in [1.82, 2.24) is 14.5 Å². The molecule has 2 aromatic heterocycles. The van der Waals surface area contributed by atoms with Crippen LogP contribution in [0.4, 0.5) is 11.4 Å². The number of amidine groups is 1. The van der Waals surface area contributed by atoms with Gasteiger partial charge >= 0.3 is 5.97 Å². The lowest BCUT2D eigenvalue weighted by atomic mass is 10.2. The molecule has 0 aliphatic heterocycles. The fraction of sp³-hybridized carbons (Fsp3) is 0.160. The second-order valence-corrected chi connectivity index (χ2v) is 7.93. The molecule has 1 amide bonds. The van der Waals surface area contributed by atoms with Gasteiger partial charge in [0.1, 0.15) is 17.2 Å². The van der Waals surface area contributed by atoms with E-state index < -0.39 is 5.97 Å². The molecule has 10 heteroatoms. The predicted molar refractivity (Wildman–Crippen MR) is 134 cm³/mol. The molecule has 0 atom stereocenters. The van der Waals surface area contributed by atoms with E-state index in [1.165, 1.54) is 11.1 Å². The first-order valence-corrected chi connectivity index (χ1v) is 10.9. The van der Waals surface area contributed by atoms with Gasteiger partial charge in [-0.05, 0) is 42.5 Å². The number of pyridine rings is 1. The number of nitrogens with two attached hydrogens (primary N) is 1. The number of nitrogens with zero attached hydrogens (tertiary/aromatic N) is 4. The minimum Gasteiger partial charge on any atom is -0.481 e. The van der Waals surface area contributed by atoms with Gasteiger partial charge in [0.15, 0.2) is 5.65 Å². The van der Waals surface area contributed by atoms with Crippen molar-refractivity contribution < 1.29 is 14.7 Å². The number of nitrogen functional groups attached to an aromatic ring is 1. The van der Waals surface area contributed by atoms with E-state index in [0.717, 1.165) is 11.5 Å². The number of imidazole rings is 1. The summed E-state index contributed by atoms with van der Waals surface area (Å²) in [6.07, 6.45) is 1.31. The Hall–Kier alpha value is -4.73. The van der Waals surface area contributed by atoms with E-state index in [9.17, 15) is 9.59 Å². The van der Waals surface area contributed by atoms with Gasteiger partial charge in [0.05, 0.1) is 18.5 Å². The maximum atomic E-state index is 13.3. The Morgan fingerprint density at radius 1 is 1.11 bits per heavy atom. The van der Waals surface area contributed by atoms with E-state index >= 15 is 0 Å². The lowest BCUT2D eigenvalue weighted by Crippen LogP contribution is -2.33. The van der Waals surface area contributed by atoms with Gasteiger partial charge in [-0.15, -0.1) is 0 Å². The second kappa shape index (κ2) is 10.0. The normalized spacial score (nSPS) is 10.8. The molecule has 0 bridgehead atoms. The molecule has 0 aliphatic rings. The number of carboxylic acids is 1. The third-order valence-electron chi connectivity index (χ3n) is 5.56. The van der Waals surface area contributed by atoms with Gasteiger partial charge < -0.3 is 25.6 Å². The summed E-state index contributed by atoms with van der Waals surface area (Å²) in [6, 6.07) is 17.8. The van der Waals surface area contributed by atoms with Crippen LogP contribution in [-0.4, -0.2) is 43.9 Å². The maximum absolute atomic E-state index is 13.3. The number of aliphatic carboxylic acids is 1. The topological polar surface area (TPSA) is 150 Å². The molecular formula is C25H25N7O3. The zero-order chi connectivity index (χ0) is 24.9. The number of para-hydroxylation sites is 1. The zero-order valence-corrected chi connectivity index (χ0v) is 19.1. The Kier molecular flexibility index (Phi) is 6.72. The largest absolute Gasteiger partial charge is 0.481 e. The SMILES string of the molecule is Cn1c(CNc2ccc(C(=N)N)cc2)nc2cc(C(=O)N(CCC(=O)O)c3ccccc3)cnc21. The number of carbonyl (C=O) groups excluding carboxylic acids is 1. The molecule has 5 N–H and O–H groups in total. The van der Waals surface area contributed by atoms with Crippen LogP contribution in [-0.2, 0) is 18.4 Å². The van der Waals surface area contributed by atoms with Gasteiger partial charge in [0, 0.05) is 36.7 Å². The second-order valence-electron chi connectivity index (χ2n) is 7.93. The first-order chi connectivity index (χ1) is 16.8. The summed E-state index contributed by atoms with van der Waals surface area (Å²) < 4.78 is 1.85. The minimum absolute atomic E-state index is 0.0112. The molecule has 0 unspecified atom stereocenters. The van der Waals surface area contributed by atoms with Crippen molar-refractivity contribution in [2.45, 2.75) is 13.0 Å². The van der Waals surface area contributed by atoms with Gasteiger partial charge in [-0.3, -0.25) is 15.0 Å². The Morgan fingerprint density at radius 2 is 1.83 bits per heavy atom. The molecule has 0 radical (unpaired) electrons. The molecule has 35 heavy (non-hydrogen) atoms. The smallest absolute Gasteiger partial charge is 0.305 e. The standard InChI is InChI=1S/C25H25N7O3/c1-31-21(15-28-18-9-7-16(8-10-18)23(26)27)30-20-13-17(14-29-24(20)31)25(35)32(12-11-22(33)34)19-5-3-2-4-6-19/h2-10,13-14,28H,11-12,15H2,1H3,(H3,26,27)(H,33,34). The van der Waals surface area contributed by atoms with Crippen LogP contribution in [0, 0.1) is 5.41 Å². The third kappa shape index (κ3) is 5.27. The van der Waals surface area contributed by atoms with Crippen molar-refractivity contribution >= 4 is 40.3 Å². The van der Waals surface area contributed by atoms with Crippen LogP contribution in [0.5, 0.6) is 0 Å². The van der Waals surface area contributed by atoms with Crippen molar-refractivity contribution in [1.29, 1.82) is 5.41 Å². The van der Waals surface area contributed by atoms with Crippen LogP contribution in [0.3, 0.4) is 0 Å². The number of amides is 1. The molecule has 0 saturated heterocycles. The van der Waals surface area contributed by atoms with Crippen LogP contribution in [0.2, 0.25) is 0 Å². The Balaban J connectivity index is 1.56. The summed E-state index contributed by atoms with van der Waals surface area (Å²) in [6.45, 7) is 0.459. The lowest BCUT2D eigenvalue weighted by Gasteiger charge is -2.22. The van der Waals surface area contributed by atoms with Crippen molar-refractivity contribution in [3.05, 3.63) is 83.8 Å². The van der Waals surface area contributed by atoms with Crippen molar-refractivity contribution in [2.24, 2.45) is 12.8 Å². The van der Waals surface area contributed by atoms with Crippen LogP contribution in [0.1, 0.15) is 28.2 Å². The van der Waals surface area contributed by atoms with Crippen LogP contribution >= 0.6 is 0 Å². The molecule has 2 heterocycles. The average Bonchev–Trinajstić information content (AvgIpc) is 3.18. The molecule has 178 valence electrons. The number of carboxylic acid groups (broad SMARTS) is 1. The number of benzene rings is 2. The summed E-state index contributed by atoms with van der Waals surface area (Å²) in [5, 5.41) is 19.9. The highest BCUT2D eigenvalue weighted by molar-refractivity contribution is 6.07. The number of nitrogens with one attached hydrogen (secondary N) is 2. The van der Waals surface area contributed by atoms with Crippen LogP contribution in [0.15, 0.2) is 66.9 Å². The molecule has 10 nitrogen and oxygen atoms in total. The fourth-order valence-electron chi connectivity index (χ4n) is 3.67. The molecule has 0 aliphatic carbocycles. The molecular weight excluding hydrogens is 446 g/mol. The summed E-state index contributed by atoms with van der Waals surface area (Å²) in [7, 11) is 1.85. The van der Waals surface area contributed by atoms with E-state index in [-0.39, 0.29) is 24.7 Å². The quantitative estimate of drug-likeness (QED) is 0.216. The summed E-state index contributed by atoms with van der Waals surface area (Å²) in [5.41, 5.74) is 9.12. The van der Waals surface area contributed by atoms with E-state index in [2.05, 4.69) is 15.3 Å². The predicted octanol–water partition coefficient (Wildman–Crippen LogP) is 2.99. The highest BCUT2D eigenvalue weighted by atomic mass is 16.4. The first kappa shape index (κ1) is 23.4. The summed E-state index contributed by atoms with van der Waals surface area (Å²) >= 11 is 0. The van der Waals surface area contributed by atoms with Crippen molar-refractivity contribution in [3.8, 4) is 0 Å². The van der Waals surface area contributed by atoms with Crippen LogP contribution < -0.4 is 16.0 Å². The number of anilines is 2. The Morgan fingerprint density at radius 3 is 2.49 bits per heavy atom. The number of rotatable bonds is 9. The molecule has 4 rings (SSSR count). The minimum atomic E-state index is -0.981. The van der Waals surface area contributed by atoms with Crippen molar-refractivity contribution in [3.63, 3.8) is 0 Å². The van der Waals surface area contributed by atoms with E-state index in [4.69, 9.17) is 16.2 Å². The van der Waals surface area contributed by atoms with Crippen molar-refractivity contribution in [2.75, 3.05) is 16.8 Å². The molecule has 0 saturated carbocycles. The fourth-order valence-corrected chi connectivity index (χ4v) is 3.67. The molecule has 0 fully saturated rings.